The van der Waals surface area contributed by atoms with Gasteiger partial charge in [-0.15, -0.1) is 0 Å². The van der Waals surface area contributed by atoms with Gasteiger partial charge < -0.3 is 9.67 Å². The van der Waals surface area contributed by atoms with Crippen LogP contribution in [0.2, 0.25) is 0 Å². The Morgan fingerprint density at radius 3 is 2.93 bits per heavy atom. The average Bonchev–Trinajstić information content (AvgIpc) is 2.64. The van der Waals surface area contributed by atoms with Crippen LogP contribution in [0.3, 0.4) is 0 Å². The fraction of sp³-hybridized carbons (Fsp3) is 0.545. The molecule has 3 nitrogen and oxygen atoms in total. The lowest BCUT2D eigenvalue weighted by molar-refractivity contribution is -0.119. The number of hydrogen-bond donors (Lipinski definition) is 1. The number of nitrogens with zero attached hydrogens (tertiary/aromatic N) is 1. The molecule has 78 valence electrons. The van der Waals surface area contributed by atoms with Gasteiger partial charge in [0.2, 0.25) is 0 Å². The van der Waals surface area contributed by atoms with E-state index in [1.807, 2.05) is 36.7 Å². The molecule has 1 heterocycles. The second kappa shape index (κ2) is 4.96. The third kappa shape index (κ3) is 2.23. The zero-order valence-electron chi connectivity index (χ0n) is 8.73. The maximum absolute atomic E-state index is 11.5. The zero-order chi connectivity index (χ0) is 10.6. The third-order valence-electron chi connectivity index (χ3n) is 2.48. The number of carbonyl (C=O) groups excluding carboxylic acids is 1. The molecule has 0 aliphatic heterocycles. The van der Waals surface area contributed by atoms with Gasteiger partial charge in [-0.05, 0) is 19.1 Å². The van der Waals surface area contributed by atoms with Crippen molar-refractivity contribution >= 4 is 5.78 Å². The Morgan fingerprint density at radius 2 is 2.36 bits per heavy atom. The Bertz CT molecular complexity index is 304. The summed E-state index contributed by atoms with van der Waals surface area (Å²) in [7, 11) is 0. The van der Waals surface area contributed by atoms with E-state index in [1.165, 1.54) is 0 Å². The van der Waals surface area contributed by atoms with Crippen molar-refractivity contribution in [2.45, 2.75) is 32.7 Å². The van der Waals surface area contributed by atoms with Crippen LogP contribution in [0.25, 0.3) is 0 Å². The van der Waals surface area contributed by atoms with Crippen molar-refractivity contribution in [3.05, 3.63) is 24.0 Å². The molecule has 0 fully saturated rings. The number of Topliss-reactive ketones (excluding diaryl/α,β-unsaturated/α-hetero) is 1. The summed E-state index contributed by atoms with van der Waals surface area (Å²) in [5.74, 6) is 0.171. The van der Waals surface area contributed by atoms with Gasteiger partial charge in [0.15, 0.2) is 0 Å². The predicted molar refractivity (Wildman–Crippen MR) is 55.2 cm³/mol. The number of aliphatic hydroxyl groups is 1. The first-order chi connectivity index (χ1) is 6.70. The molecule has 0 saturated heterocycles. The van der Waals surface area contributed by atoms with Crippen molar-refractivity contribution in [3.63, 3.8) is 0 Å². The van der Waals surface area contributed by atoms with Crippen LogP contribution in [0, 0.1) is 0 Å². The van der Waals surface area contributed by atoms with Crippen LogP contribution in [0.5, 0.6) is 0 Å². The standard InChI is InChI=1S/C11H17NO2/c1-3-11(14)9(2)10-5-4-6-12(10)7-8-13/h4-6,9,13H,3,7-8H2,1-2H3. The van der Waals surface area contributed by atoms with Gasteiger partial charge in [0.25, 0.3) is 0 Å². The summed E-state index contributed by atoms with van der Waals surface area (Å²) in [4.78, 5) is 11.5. The van der Waals surface area contributed by atoms with Crippen LogP contribution in [-0.4, -0.2) is 22.1 Å². The first-order valence-electron chi connectivity index (χ1n) is 4.99. The highest BCUT2D eigenvalue weighted by Gasteiger charge is 2.15. The van der Waals surface area contributed by atoms with Crippen molar-refractivity contribution < 1.29 is 9.90 Å². The summed E-state index contributed by atoms with van der Waals surface area (Å²) in [5.41, 5.74) is 0.992. The summed E-state index contributed by atoms with van der Waals surface area (Å²) in [6.45, 7) is 4.45. The van der Waals surface area contributed by atoms with E-state index in [2.05, 4.69) is 0 Å². The highest BCUT2D eigenvalue weighted by atomic mass is 16.3. The summed E-state index contributed by atoms with van der Waals surface area (Å²) in [5, 5.41) is 8.83. The van der Waals surface area contributed by atoms with Gasteiger partial charge in [0.05, 0.1) is 12.5 Å². The Morgan fingerprint density at radius 1 is 1.64 bits per heavy atom. The molecular weight excluding hydrogens is 178 g/mol. The first kappa shape index (κ1) is 11.0. The quantitative estimate of drug-likeness (QED) is 0.774. The second-order valence-electron chi connectivity index (χ2n) is 3.39. The molecule has 0 radical (unpaired) electrons. The van der Waals surface area contributed by atoms with E-state index in [-0.39, 0.29) is 18.3 Å². The lowest BCUT2D eigenvalue weighted by atomic mass is 10.0. The molecule has 0 aliphatic carbocycles. The monoisotopic (exact) mass is 195 g/mol. The maximum atomic E-state index is 11.5. The summed E-state index contributed by atoms with van der Waals surface area (Å²) < 4.78 is 1.93. The number of carbonyl (C=O) groups is 1. The Labute approximate surface area is 84.4 Å². The fourth-order valence-electron chi connectivity index (χ4n) is 1.60. The molecule has 0 aliphatic rings. The molecule has 0 amide bonds. The molecule has 3 heteroatoms. The Balaban J connectivity index is 2.83. The Hall–Kier alpha value is -1.09. The maximum Gasteiger partial charge on any atom is 0.141 e. The molecule has 14 heavy (non-hydrogen) atoms. The van der Waals surface area contributed by atoms with E-state index in [0.29, 0.717) is 13.0 Å². The van der Waals surface area contributed by atoms with Gasteiger partial charge in [-0.25, -0.2) is 0 Å². The smallest absolute Gasteiger partial charge is 0.141 e. The van der Waals surface area contributed by atoms with Gasteiger partial charge in [-0.1, -0.05) is 6.92 Å². The molecule has 0 bridgehead atoms. The van der Waals surface area contributed by atoms with Gasteiger partial charge in [0.1, 0.15) is 5.78 Å². The second-order valence-corrected chi connectivity index (χ2v) is 3.39. The third-order valence-corrected chi connectivity index (χ3v) is 2.48. The molecule has 1 unspecified atom stereocenters. The number of ketones is 1. The van der Waals surface area contributed by atoms with Gasteiger partial charge in [0, 0.05) is 24.9 Å². The van der Waals surface area contributed by atoms with Crippen molar-refractivity contribution in [1.82, 2.24) is 4.57 Å². The number of aliphatic hydroxyl groups excluding tert-OH is 1. The van der Waals surface area contributed by atoms with Crippen LogP contribution in [0.15, 0.2) is 18.3 Å². The molecule has 0 spiro atoms. The van der Waals surface area contributed by atoms with E-state index in [1.54, 1.807) is 0 Å². The number of rotatable bonds is 5. The predicted octanol–water partition coefficient (Wildman–Crippen LogP) is 1.56. The highest BCUT2D eigenvalue weighted by molar-refractivity contribution is 5.84. The van der Waals surface area contributed by atoms with Crippen molar-refractivity contribution in [2.24, 2.45) is 0 Å². The van der Waals surface area contributed by atoms with Gasteiger partial charge in [-0.2, -0.15) is 0 Å². The summed E-state index contributed by atoms with van der Waals surface area (Å²) >= 11 is 0. The molecule has 1 aromatic rings. The zero-order valence-corrected chi connectivity index (χ0v) is 8.73. The van der Waals surface area contributed by atoms with Crippen LogP contribution in [0.4, 0.5) is 0 Å². The minimum atomic E-state index is -0.0680. The summed E-state index contributed by atoms with van der Waals surface area (Å²) in [6, 6.07) is 3.85. The number of aromatic nitrogens is 1. The minimum Gasteiger partial charge on any atom is -0.395 e. The molecule has 1 atom stereocenters. The number of hydrogen-bond acceptors (Lipinski definition) is 2. The lowest BCUT2D eigenvalue weighted by Crippen LogP contribution is -2.14. The van der Waals surface area contributed by atoms with Crippen molar-refractivity contribution in [3.8, 4) is 0 Å². The lowest BCUT2D eigenvalue weighted by Gasteiger charge is -2.13. The van der Waals surface area contributed by atoms with E-state index < -0.39 is 0 Å². The van der Waals surface area contributed by atoms with E-state index in [9.17, 15) is 4.79 Å². The molecule has 1 rings (SSSR count). The van der Waals surface area contributed by atoms with Crippen molar-refractivity contribution in [1.29, 1.82) is 0 Å². The average molecular weight is 195 g/mol. The normalized spacial score (nSPS) is 12.8. The van der Waals surface area contributed by atoms with Crippen LogP contribution in [0.1, 0.15) is 31.9 Å². The molecule has 0 saturated carbocycles. The molecule has 1 N–H and O–H groups in total. The van der Waals surface area contributed by atoms with E-state index in [0.717, 1.165) is 5.69 Å². The topological polar surface area (TPSA) is 42.2 Å². The van der Waals surface area contributed by atoms with Gasteiger partial charge >= 0.3 is 0 Å². The van der Waals surface area contributed by atoms with E-state index >= 15 is 0 Å². The summed E-state index contributed by atoms with van der Waals surface area (Å²) in [6.07, 6.45) is 2.45. The van der Waals surface area contributed by atoms with Gasteiger partial charge in [-0.3, -0.25) is 4.79 Å². The van der Waals surface area contributed by atoms with Crippen LogP contribution in [-0.2, 0) is 11.3 Å². The first-order valence-corrected chi connectivity index (χ1v) is 4.99. The fourth-order valence-corrected chi connectivity index (χ4v) is 1.60. The highest BCUT2D eigenvalue weighted by Crippen LogP contribution is 2.18. The SMILES string of the molecule is CCC(=O)C(C)c1cccn1CCO. The minimum absolute atomic E-state index is 0.0680. The largest absolute Gasteiger partial charge is 0.395 e. The Kier molecular flexibility index (Phi) is 3.89. The van der Waals surface area contributed by atoms with E-state index in [4.69, 9.17) is 5.11 Å². The molecule has 0 aromatic carbocycles. The van der Waals surface area contributed by atoms with Crippen LogP contribution < -0.4 is 0 Å². The van der Waals surface area contributed by atoms with Crippen LogP contribution >= 0.6 is 0 Å². The van der Waals surface area contributed by atoms with Crippen molar-refractivity contribution in [2.75, 3.05) is 6.61 Å². The molecule has 1 aromatic heterocycles. The molecular formula is C11H17NO2.